The van der Waals surface area contributed by atoms with E-state index in [1.807, 2.05) is 0 Å². The lowest BCUT2D eigenvalue weighted by atomic mass is 9.54. The van der Waals surface area contributed by atoms with Crippen molar-refractivity contribution in [2.45, 2.75) is 22.2 Å². The first-order chi connectivity index (χ1) is 22.1. The standard InChI is InChI=1S/C35H24Cl2N2O7/c36-34-23-13-4-5-14-24(23)35(37,26-16-7-6-15-25(26)34)30-29(34)31(41)38(32(30)42)27(17-20-9-2-1-3-10-20)33(43)46-19-28(40)21-11-8-12-22(18-21)39(44)45/h1-16,18,27,29-30H,17,19H2/t27-,29-,30+,34?,35?/m0/s1. The van der Waals surface area contributed by atoms with Crippen molar-refractivity contribution in [3.05, 3.63) is 147 Å². The van der Waals surface area contributed by atoms with Crippen LogP contribution in [0.2, 0.25) is 0 Å². The number of alkyl halides is 2. The van der Waals surface area contributed by atoms with Crippen LogP contribution in [0.3, 0.4) is 0 Å². The van der Waals surface area contributed by atoms with Gasteiger partial charge in [0.05, 0.1) is 16.8 Å². The number of hydrogen-bond acceptors (Lipinski definition) is 7. The smallest absolute Gasteiger partial charge is 0.330 e. The van der Waals surface area contributed by atoms with Gasteiger partial charge in [-0.3, -0.25) is 29.4 Å². The molecule has 1 heterocycles. The van der Waals surface area contributed by atoms with Crippen molar-refractivity contribution >= 4 is 52.5 Å². The average Bonchev–Trinajstić information content (AvgIpc) is 3.35. The van der Waals surface area contributed by atoms with Crippen LogP contribution in [0.5, 0.6) is 0 Å². The monoisotopic (exact) mass is 654 g/mol. The number of nitro groups is 1. The maximum Gasteiger partial charge on any atom is 0.330 e. The van der Waals surface area contributed by atoms with Crippen LogP contribution in [0.15, 0.2) is 103 Å². The molecule has 0 N–H and O–H groups in total. The maximum atomic E-state index is 14.5. The predicted molar refractivity (Wildman–Crippen MR) is 167 cm³/mol. The highest BCUT2D eigenvalue weighted by Crippen LogP contribution is 2.69. The largest absolute Gasteiger partial charge is 0.456 e. The molecule has 9 nitrogen and oxygen atoms in total. The Bertz CT molecular complexity index is 1840. The molecule has 0 aromatic heterocycles. The molecule has 4 aliphatic rings. The number of nitro benzene ring substituents is 1. The highest BCUT2D eigenvalue weighted by atomic mass is 35.5. The van der Waals surface area contributed by atoms with Crippen molar-refractivity contribution in [2.75, 3.05) is 6.61 Å². The van der Waals surface area contributed by atoms with Crippen LogP contribution in [0.1, 0.15) is 38.2 Å². The Morgan fingerprint density at radius 1 is 0.783 bits per heavy atom. The van der Waals surface area contributed by atoms with Gasteiger partial charge in [-0.1, -0.05) is 91.0 Å². The number of rotatable bonds is 8. The van der Waals surface area contributed by atoms with Crippen molar-refractivity contribution in [1.82, 2.24) is 4.90 Å². The topological polar surface area (TPSA) is 124 Å². The number of amides is 2. The summed E-state index contributed by atoms with van der Waals surface area (Å²) in [6, 6.07) is 26.8. The Kier molecular flexibility index (Phi) is 7.06. The van der Waals surface area contributed by atoms with Crippen LogP contribution in [0.25, 0.3) is 0 Å². The number of carbonyl (C=O) groups excluding carboxylic acids is 4. The molecule has 230 valence electrons. The summed E-state index contributed by atoms with van der Waals surface area (Å²) in [7, 11) is 0. The second-order valence-corrected chi connectivity index (χ2v) is 12.8. The SMILES string of the molecule is O=C(COC(=O)[C@H](Cc1ccccc1)N1C(=O)[C@@H]2[C@H](C1=O)C1(Cl)c3ccccc3C2(Cl)c2ccccc21)c1cccc([N+](=O)[O-])c1. The fraction of sp³-hybridized carbons (Fsp3) is 0.200. The molecule has 3 atom stereocenters. The normalized spacial score (nSPS) is 24.5. The molecule has 1 fully saturated rings. The van der Waals surface area contributed by atoms with Gasteiger partial charge in [-0.15, -0.1) is 23.2 Å². The first-order valence-electron chi connectivity index (χ1n) is 14.5. The van der Waals surface area contributed by atoms with E-state index in [1.165, 1.54) is 18.2 Å². The lowest BCUT2D eigenvalue weighted by molar-refractivity contribution is -0.384. The molecular weight excluding hydrogens is 631 g/mol. The molecule has 4 aromatic rings. The van der Waals surface area contributed by atoms with E-state index in [1.54, 1.807) is 78.9 Å². The van der Waals surface area contributed by atoms with Gasteiger partial charge in [0.2, 0.25) is 17.6 Å². The van der Waals surface area contributed by atoms with E-state index in [9.17, 15) is 29.3 Å². The zero-order valence-corrected chi connectivity index (χ0v) is 25.5. The highest BCUT2D eigenvalue weighted by molar-refractivity contribution is 6.36. The van der Waals surface area contributed by atoms with E-state index < -0.39 is 62.7 Å². The summed E-state index contributed by atoms with van der Waals surface area (Å²) < 4.78 is 5.43. The summed E-state index contributed by atoms with van der Waals surface area (Å²) in [6.07, 6.45) is -0.0912. The highest BCUT2D eigenvalue weighted by Gasteiger charge is 2.73. The first kappa shape index (κ1) is 29.8. The molecule has 1 saturated heterocycles. The van der Waals surface area contributed by atoms with E-state index in [-0.39, 0.29) is 17.7 Å². The molecule has 0 radical (unpaired) electrons. The zero-order valence-electron chi connectivity index (χ0n) is 24.0. The number of non-ortho nitro benzene ring substituents is 1. The number of imide groups is 1. The van der Waals surface area contributed by atoms with Crippen molar-refractivity contribution in [3.63, 3.8) is 0 Å². The average molecular weight is 655 g/mol. The number of carbonyl (C=O) groups is 4. The number of likely N-dealkylation sites (tertiary alicyclic amines) is 1. The summed E-state index contributed by atoms with van der Waals surface area (Å²) in [5.74, 6) is -5.25. The third-order valence-corrected chi connectivity index (χ3v) is 10.5. The molecule has 11 heteroatoms. The van der Waals surface area contributed by atoms with Gasteiger partial charge in [-0.25, -0.2) is 4.79 Å². The molecule has 0 unspecified atom stereocenters. The molecule has 2 bridgehead atoms. The zero-order chi connectivity index (χ0) is 32.4. The Morgan fingerprint density at radius 3 is 1.78 bits per heavy atom. The lowest BCUT2D eigenvalue weighted by Gasteiger charge is -2.54. The van der Waals surface area contributed by atoms with Gasteiger partial charge in [-0.2, -0.15) is 0 Å². The summed E-state index contributed by atoms with van der Waals surface area (Å²) in [4.78, 5) is 64.4. The van der Waals surface area contributed by atoms with Crippen LogP contribution in [-0.4, -0.2) is 46.0 Å². The molecule has 3 aliphatic carbocycles. The fourth-order valence-electron chi connectivity index (χ4n) is 7.22. The number of ketones is 1. The quantitative estimate of drug-likeness (QED) is 0.0611. The van der Waals surface area contributed by atoms with Gasteiger partial charge in [0.1, 0.15) is 15.8 Å². The van der Waals surface area contributed by atoms with Gasteiger partial charge in [0.15, 0.2) is 6.61 Å². The van der Waals surface area contributed by atoms with Gasteiger partial charge in [0, 0.05) is 24.1 Å². The van der Waals surface area contributed by atoms with Crippen LogP contribution in [-0.2, 0) is 35.3 Å². The fourth-order valence-corrected chi connectivity index (χ4v) is 8.32. The van der Waals surface area contributed by atoms with Crippen LogP contribution < -0.4 is 0 Å². The molecule has 2 amide bonds. The summed E-state index contributed by atoms with van der Waals surface area (Å²) in [5.41, 5.74) is 2.82. The number of Topliss-reactive ketones (excluding diaryl/α,β-unsaturated/α-hetero) is 1. The molecule has 8 rings (SSSR count). The molecule has 0 saturated carbocycles. The van der Waals surface area contributed by atoms with Gasteiger partial charge in [-0.05, 0) is 27.8 Å². The lowest BCUT2D eigenvalue weighted by Crippen LogP contribution is -2.57. The van der Waals surface area contributed by atoms with Gasteiger partial charge >= 0.3 is 5.97 Å². The molecule has 4 aromatic carbocycles. The minimum Gasteiger partial charge on any atom is -0.456 e. The third kappa shape index (κ3) is 4.22. The van der Waals surface area contributed by atoms with Crippen molar-refractivity contribution < 1.29 is 28.8 Å². The van der Waals surface area contributed by atoms with E-state index in [0.29, 0.717) is 27.8 Å². The molecular formula is C35H24Cl2N2O7. The number of ether oxygens (including phenoxy) is 1. The summed E-state index contributed by atoms with van der Waals surface area (Å²) in [6.45, 7) is -0.760. The summed E-state index contributed by atoms with van der Waals surface area (Å²) in [5, 5.41) is 11.2. The molecule has 0 spiro atoms. The van der Waals surface area contributed by atoms with E-state index in [4.69, 9.17) is 27.9 Å². The van der Waals surface area contributed by atoms with Crippen molar-refractivity contribution in [2.24, 2.45) is 11.8 Å². The van der Waals surface area contributed by atoms with Gasteiger partial charge in [0.25, 0.3) is 5.69 Å². The minimum absolute atomic E-state index is 0.0266. The van der Waals surface area contributed by atoms with Crippen LogP contribution in [0, 0.1) is 22.0 Å². The number of hydrogen-bond donors (Lipinski definition) is 0. The van der Waals surface area contributed by atoms with E-state index in [2.05, 4.69) is 0 Å². The minimum atomic E-state index is -1.45. The van der Waals surface area contributed by atoms with E-state index >= 15 is 0 Å². The van der Waals surface area contributed by atoms with Crippen LogP contribution in [0.4, 0.5) is 5.69 Å². The second-order valence-electron chi connectivity index (χ2n) is 11.6. The maximum absolute atomic E-state index is 14.5. The first-order valence-corrected chi connectivity index (χ1v) is 15.3. The Labute approximate surface area is 272 Å². The molecule has 46 heavy (non-hydrogen) atoms. The Balaban J connectivity index is 1.27. The number of nitrogens with zero attached hydrogens (tertiary/aromatic N) is 2. The Hall–Kier alpha value is -4.86. The second kappa shape index (κ2) is 10.9. The van der Waals surface area contributed by atoms with Crippen molar-refractivity contribution in [3.8, 4) is 0 Å². The number of esters is 1. The number of benzene rings is 4. The Morgan fingerprint density at radius 2 is 1.28 bits per heavy atom. The van der Waals surface area contributed by atoms with Crippen molar-refractivity contribution in [1.29, 1.82) is 0 Å². The third-order valence-electron chi connectivity index (χ3n) is 9.20. The predicted octanol–water partition coefficient (Wildman–Crippen LogP) is 5.53. The van der Waals surface area contributed by atoms with E-state index in [0.717, 1.165) is 11.0 Å². The van der Waals surface area contributed by atoms with Crippen LogP contribution >= 0.6 is 23.2 Å². The molecule has 1 aliphatic heterocycles. The number of halogens is 2. The van der Waals surface area contributed by atoms with Gasteiger partial charge < -0.3 is 4.74 Å². The summed E-state index contributed by atoms with van der Waals surface area (Å²) >= 11 is 15.1.